The Morgan fingerprint density at radius 3 is 2.42 bits per heavy atom. The van der Waals surface area contributed by atoms with E-state index in [4.69, 9.17) is 14.3 Å². The molecule has 1 fully saturated rings. The molecular weight excluding hydrogens is 250 g/mol. The molecule has 2 heterocycles. The molecule has 0 aromatic carbocycles. The van der Waals surface area contributed by atoms with Gasteiger partial charge in [0.25, 0.3) is 5.91 Å². The first-order chi connectivity index (χ1) is 8.91. The molecule has 19 heavy (non-hydrogen) atoms. The first-order valence-electron chi connectivity index (χ1n) is 6.09. The first-order valence-corrected chi connectivity index (χ1v) is 6.09. The average Bonchev–Trinajstić information content (AvgIpc) is 2.85. The van der Waals surface area contributed by atoms with E-state index in [1.54, 1.807) is 20.8 Å². The lowest BCUT2D eigenvalue weighted by atomic mass is 10.0. The van der Waals surface area contributed by atoms with Crippen LogP contribution in [0.25, 0.3) is 0 Å². The Balaban J connectivity index is 2.15. The van der Waals surface area contributed by atoms with Gasteiger partial charge in [-0.3, -0.25) is 9.59 Å². The molecule has 2 unspecified atom stereocenters. The number of carboxylic acid groups (broad SMARTS) is 1. The average molecular weight is 267 g/mol. The van der Waals surface area contributed by atoms with Crippen LogP contribution in [0.1, 0.15) is 27.4 Å². The van der Waals surface area contributed by atoms with Gasteiger partial charge < -0.3 is 19.6 Å². The molecule has 0 aliphatic carbocycles. The fourth-order valence-corrected chi connectivity index (χ4v) is 2.31. The number of amides is 1. The van der Waals surface area contributed by atoms with Gasteiger partial charge in [-0.2, -0.15) is 0 Å². The zero-order valence-corrected chi connectivity index (χ0v) is 11.1. The quantitative estimate of drug-likeness (QED) is 0.854. The van der Waals surface area contributed by atoms with E-state index in [0.717, 1.165) is 5.56 Å². The third kappa shape index (κ3) is 2.49. The number of carbonyl (C=O) groups excluding carboxylic acids is 1. The van der Waals surface area contributed by atoms with Crippen molar-refractivity contribution in [2.24, 2.45) is 5.92 Å². The third-order valence-corrected chi connectivity index (χ3v) is 3.50. The Bertz CT molecular complexity index is 519. The topological polar surface area (TPSA) is 88.8 Å². The minimum Gasteiger partial charge on any atom is -0.481 e. The van der Waals surface area contributed by atoms with E-state index in [1.807, 2.05) is 0 Å². The van der Waals surface area contributed by atoms with Crippen molar-refractivity contribution in [2.75, 3.05) is 13.2 Å². The van der Waals surface area contributed by atoms with Gasteiger partial charge in [0.05, 0.1) is 24.8 Å². The van der Waals surface area contributed by atoms with Gasteiger partial charge in [-0.15, -0.1) is 0 Å². The molecule has 1 aliphatic rings. The van der Waals surface area contributed by atoms with E-state index in [2.05, 4.69) is 5.32 Å². The number of aryl methyl sites for hydroxylation is 2. The Morgan fingerprint density at radius 1 is 1.21 bits per heavy atom. The number of hydrogen-bond donors (Lipinski definition) is 2. The molecule has 1 amide bonds. The van der Waals surface area contributed by atoms with Crippen LogP contribution in [0.15, 0.2) is 4.42 Å². The standard InChI is InChI=1S/C13H17NO5/c1-6-7(2)19-8(3)11(6)12(15)14-10-5-18-4-9(10)13(16)17/h9-10H,4-5H2,1-3H3,(H,14,15)(H,16,17). The van der Waals surface area contributed by atoms with E-state index in [1.165, 1.54) is 0 Å². The lowest BCUT2D eigenvalue weighted by Gasteiger charge is -2.15. The molecule has 1 aromatic heterocycles. The van der Waals surface area contributed by atoms with Gasteiger partial charge >= 0.3 is 5.97 Å². The Kier molecular flexibility index (Phi) is 3.61. The fraction of sp³-hybridized carbons (Fsp3) is 0.538. The molecule has 0 bridgehead atoms. The molecular formula is C13H17NO5. The maximum atomic E-state index is 12.2. The smallest absolute Gasteiger partial charge is 0.311 e. The van der Waals surface area contributed by atoms with Gasteiger partial charge in [-0.25, -0.2) is 0 Å². The molecule has 1 aromatic rings. The molecule has 0 radical (unpaired) electrons. The summed E-state index contributed by atoms with van der Waals surface area (Å²) < 4.78 is 10.5. The summed E-state index contributed by atoms with van der Waals surface area (Å²) in [6.07, 6.45) is 0. The molecule has 2 rings (SSSR count). The number of carbonyl (C=O) groups is 2. The Hall–Kier alpha value is -1.82. The van der Waals surface area contributed by atoms with Crippen molar-refractivity contribution >= 4 is 11.9 Å². The Labute approximate surface area is 110 Å². The molecule has 6 nitrogen and oxygen atoms in total. The molecule has 0 spiro atoms. The predicted octanol–water partition coefficient (Wildman–Crippen LogP) is 1.03. The van der Waals surface area contributed by atoms with E-state index in [-0.39, 0.29) is 19.1 Å². The van der Waals surface area contributed by atoms with Crippen molar-refractivity contribution in [1.29, 1.82) is 0 Å². The van der Waals surface area contributed by atoms with Gasteiger partial charge in [0.15, 0.2) is 0 Å². The minimum atomic E-state index is -0.959. The summed E-state index contributed by atoms with van der Waals surface area (Å²) in [7, 11) is 0. The Morgan fingerprint density at radius 2 is 1.89 bits per heavy atom. The second-order valence-electron chi connectivity index (χ2n) is 4.78. The van der Waals surface area contributed by atoms with Crippen LogP contribution in [0, 0.1) is 26.7 Å². The second-order valence-corrected chi connectivity index (χ2v) is 4.78. The zero-order valence-electron chi connectivity index (χ0n) is 11.1. The van der Waals surface area contributed by atoms with Gasteiger partial charge in [-0.1, -0.05) is 0 Å². The monoisotopic (exact) mass is 267 g/mol. The predicted molar refractivity (Wildman–Crippen MR) is 66.1 cm³/mol. The van der Waals surface area contributed by atoms with E-state index >= 15 is 0 Å². The van der Waals surface area contributed by atoms with Crippen LogP contribution in [-0.4, -0.2) is 36.2 Å². The van der Waals surface area contributed by atoms with Crippen molar-refractivity contribution < 1.29 is 23.8 Å². The molecule has 0 saturated carbocycles. The SMILES string of the molecule is Cc1oc(C)c(C(=O)NC2COCC2C(=O)O)c1C. The number of aliphatic carboxylic acids is 1. The van der Waals surface area contributed by atoms with Gasteiger partial charge in [0, 0.05) is 5.56 Å². The lowest BCUT2D eigenvalue weighted by molar-refractivity contribution is -0.142. The van der Waals surface area contributed by atoms with Crippen LogP contribution in [0.5, 0.6) is 0 Å². The first kappa shape index (κ1) is 13.6. The fourth-order valence-electron chi connectivity index (χ4n) is 2.31. The highest BCUT2D eigenvalue weighted by atomic mass is 16.5. The van der Waals surface area contributed by atoms with Gasteiger partial charge in [0.1, 0.15) is 17.4 Å². The van der Waals surface area contributed by atoms with E-state index < -0.39 is 17.9 Å². The lowest BCUT2D eigenvalue weighted by Crippen LogP contribution is -2.42. The second kappa shape index (κ2) is 5.05. The van der Waals surface area contributed by atoms with Crippen LogP contribution in [-0.2, 0) is 9.53 Å². The highest BCUT2D eigenvalue weighted by Crippen LogP contribution is 2.22. The van der Waals surface area contributed by atoms with Crippen LogP contribution in [0.4, 0.5) is 0 Å². The molecule has 1 aliphatic heterocycles. The minimum absolute atomic E-state index is 0.128. The maximum absolute atomic E-state index is 12.2. The molecule has 1 saturated heterocycles. The number of carboxylic acids is 1. The molecule has 6 heteroatoms. The summed E-state index contributed by atoms with van der Waals surface area (Å²) in [5, 5.41) is 11.7. The van der Waals surface area contributed by atoms with Gasteiger partial charge in [-0.05, 0) is 20.8 Å². The van der Waals surface area contributed by atoms with E-state index in [9.17, 15) is 9.59 Å². The van der Waals surface area contributed by atoms with Crippen molar-refractivity contribution in [2.45, 2.75) is 26.8 Å². The van der Waals surface area contributed by atoms with Crippen LogP contribution >= 0.6 is 0 Å². The third-order valence-electron chi connectivity index (χ3n) is 3.50. The van der Waals surface area contributed by atoms with Crippen molar-refractivity contribution in [1.82, 2.24) is 5.32 Å². The summed E-state index contributed by atoms with van der Waals surface area (Å²) in [6, 6.07) is -0.501. The largest absolute Gasteiger partial charge is 0.481 e. The normalized spacial score (nSPS) is 22.5. The summed E-state index contributed by atoms with van der Waals surface area (Å²) >= 11 is 0. The van der Waals surface area contributed by atoms with Crippen molar-refractivity contribution in [3.05, 3.63) is 22.6 Å². The maximum Gasteiger partial charge on any atom is 0.311 e. The van der Waals surface area contributed by atoms with Gasteiger partial charge in [0.2, 0.25) is 0 Å². The molecule has 2 N–H and O–H groups in total. The van der Waals surface area contributed by atoms with Crippen molar-refractivity contribution in [3.8, 4) is 0 Å². The van der Waals surface area contributed by atoms with Crippen LogP contribution in [0.3, 0.4) is 0 Å². The summed E-state index contributed by atoms with van der Waals surface area (Å²) in [4.78, 5) is 23.2. The summed E-state index contributed by atoms with van der Waals surface area (Å²) in [6.45, 7) is 5.66. The number of furan rings is 1. The van der Waals surface area contributed by atoms with Crippen LogP contribution < -0.4 is 5.32 Å². The highest BCUT2D eigenvalue weighted by molar-refractivity contribution is 5.97. The zero-order chi connectivity index (χ0) is 14.2. The van der Waals surface area contributed by atoms with E-state index in [0.29, 0.717) is 17.1 Å². The highest BCUT2D eigenvalue weighted by Gasteiger charge is 2.35. The summed E-state index contributed by atoms with van der Waals surface area (Å²) in [5.74, 6) is -0.732. The number of rotatable bonds is 3. The number of hydrogen-bond acceptors (Lipinski definition) is 4. The number of nitrogens with one attached hydrogen (secondary N) is 1. The van der Waals surface area contributed by atoms with Crippen molar-refractivity contribution in [3.63, 3.8) is 0 Å². The molecule has 104 valence electrons. The van der Waals surface area contributed by atoms with Crippen LogP contribution in [0.2, 0.25) is 0 Å². The number of ether oxygens (including phenoxy) is 1. The summed E-state index contributed by atoms with van der Waals surface area (Å²) in [5.41, 5.74) is 1.26. The molecule has 2 atom stereocenters.